The second-order valence-electron chi connectivity index (χ2n) is 4.92. The maximum absolute atomic E-state index is 11.9. The maximum atomic E-state index is 11.9. The summed E-state index contributed by atoms with van der Waals surface area (Å²) in [5.41, 5.74) is 0. The highest BCUT2D eigenvalue weighted by Crippen LogP contribution is 2.23. The summed E-state index contributed by atoms with van der Waals surface area (Å²) in [6.45, 7) is 2.93. The molecule has 1 heterocycles. The molecule has 0 bridgehead atoms. The van der Waals surface area contributed by atoms with Crippen molar-refractivity contribution >= 4 is 11.9 Å². The van der Waals surface area contributed by atoms with Gasteiger partial charge in [-0.3, -0.25) is 14.5 Å². The van der Waals surface area contributed by atoms with Crippen molar-refractivity contribution in [2.75, 3.05) is 13.1 Å². The monoisotopic (exact) mass is 266 g/mol. The van der Waals surface area contributed by atoms with Crippen molar-refractivity contribution in [1.29, 1.82) is 0 Å². The predicted molar refractivity (Wildman–Crippen MR) is 72.5 cm³/mol. The Hall–Kier alpha value is -1.54. The number of terminal acetylenes is 1. The second kappa shape index (κ2) is 7.80. The van der Waals surface area contributed by atoms with E-state index in [2.05, 4.69) is 16.1 Å². The van der Waals surface area contributed by atoms with Gasteiger partial charge in [-0.25, -0.2) is 0 Å². The number of carboxylic acid groups (broad SMARTS) is 1. The molecule has 0 spiro atoms. The Morgan fingerprint density at radius 3 is 2.89 bits per heavy atom. The van der Waals surface area contributed by atoms with Crippen molar-refractivity contribution in [2.45, 2.75) is 51.1 Å². The first-order valence-corrected chi connectivity index (χ1v) is 6.75. The van der Waals surface area contributed by atoms with Crippen molar-refractivity contribution < 1.29 is 14.7 Å². The van der Waals surface area contributed by atoms with Crippen LogP contribution in [0.5, 0.6) is 0 Å². The van der Waals surface area contributed by atoms with Gasteiger partial charge in [-0.15, -0.1) is 6.42 Å². The summed E-state index contributed by atoms with van der Waals surface area (Å²) >= 11 is 0. The van der Waals surface area contributed by atoms with E-state index in [-0.39, 0.29) is 31.0 Å². The van der Waals surface area contributed by atoms with Crippen LogP contribution >= 0.6 is 0 Å². The Bertz CT molecular complexity index is 362. The lowest BCUT2D eigenvalue weighted by molar-refractivity contribution is -0.137. The van der Waals surface area contributed by atoms with Crippen LogP contribution in [0.3, 0.4) is 0 Å². The highest BCUT2D eigenvalue weighted by Gasteiger charge is 2.30. The van der Waals surface area contributed by atoms with E-state index < -0.39 is 5.97 Å². The molecular weight excluding hydrogens is 244 g/mol. The van der Waals surface area contributed by atoms with Gasteiger partial charge in [0.25, 0.3) is 0 Å². The van der Waals surface area contributed by atoms with Crippen LogP contribution in [0.4, 0.5) is 0 Å². The molecule has 1 aliphatic heterocycles. The Kier molecular flexibility index (Phi) is 6.37. The standard InChI is InChI=1S/C14H22N2O3/c1-3-9-15-14(19)11(2)16-10-5-4-6-12(16)7-8-13(17)18/h1,11-12H,4-10H2,2H3,(H,15,19)(H,17,18). The number of likely N-dealkylation sites (tertiary alicyclic amines) is 1. The number of carbonyl (C=O) groups is 2. The van der Waals surface area contributed by atoms with E-state index in [1.54, 1.807) is 0 Å². The summed E-state index contributed by atoms with van der Waals surface area (Å²) in [7, 11) is 0. The van der Waals surface area contributed by atoms with Gasteiger partial charge in [-0.2, -0.15) is 0 Å². The van der Waals surface area contributed by atoms with Gasteiger partial charge in [-0.05, 0) is 32.7 Å². The largest absolute Gasteiger partial charge is 0.481 e. The van der Waals surface area contributed by atoms with Crippen molar-refractivity contribution in [1.82, 2.24) is 10.2 Å². The smallest absolute Gasteiger partial charge is 0.303 e. The van der Waals surface area contributed by atoms with Gasteiger partial charge in [0, 0.05) is 12.5 Å². The molecule has 2 unspecified atom stereocenters. The van der Waals surface area contributed by atoms with E-state index in [1.165, 1.54) is 0 Å². The molecule has 19 heavy (non-hydrogen) atoms. The zero-order chi connectivity index (χ0) is 14.3. The first-order chi connectivity index (χ1) is 9.06. The normalized spacial score (nSPS) is 21.4. The van der Waals surface area contributed by atoms with E-state index in [1.807, 2.05) is 6.92 Å². The lowest BCUT2D eigenvalue weighted by atomic mass is 9.96. The van der Waals surface area contributed by atoms with E-state index in [4.69, 9.17) is 11.5 Å². The van der Waals surface area contributed by atoms with Crippen LogP contribution in [0, 0.1) is 12.3 Å². The molecule has 106 valence electrons. The molecule has 2 N–H and O–H groups in total. The SMILES string of the molecule is C#CCNC(=O)C(C)N1CCCCC1CCC(=O)O. The third-order valence-corrected chi connectivity index (χ3v) is 3.61. The summed E-state index contributed by atoms with van der Waals surface area (Å²) in [5, 5.41) is 11.5. The zero-order valence-electron chi connectivity index (χ0n) is 11.4. The van der Waals surface area contributed by atoms with Crippen LogP contribution in [-0.4, -0.2) is 47.1 Å². The predicted octanol–water partition coefficient (Wildman–Crippen LogP) is 0.844. The minimum absolute atomic E-state index is 0.0832. The van der Waals surface area contributed by atoms with Crippen molar-refractivity contribution in [3.05, 3.63) is 0 Å². The Morgan fingerprint density at radius 2 is 2.26 bits per heavy atom. The summed E-state index contributed by atoms with van der Waals surface area (Å²) < 4.78 is 0. The third kappa shape index (κ3) is 4.92. The van der Waals surface area contributed by atoms with Crippen LogP contribution in [0.1, 0.15) is 39.0 Å². The van der Waals surface area contributed by atoms with E-state index in [9.17, 15) is 9.59 Å². The van der Waals surface area contributed by atoms with Gasteiger partial charge in [0.1, 0.15) is 0 Å². The maximum Gasteiger partial charge on any atom is 0.303 e. The van der Waals surface area contributed by atoms with Gasteiger partial charge in [0.2, 0.25) is 5.91 Å². The molecule has 1 saturated heterocycles. The van der Waals surface area contributed by atoms with Crippen molar-refractivity contribution in [3.63, 3.8) is 0 Å². The van der Waals surface area contributed by atoms with Crippen LogP contribution in [-0.2, 0) is 9.59 Å². The number of hydrogen-bond acceptors (Lipinski definition) is 3. The number of nitrogens with one attached hydrogen (secondary N) is 1. The molecule has 1 amide bonds. The topological polar surface area (TPSA) is 69.6 Å². The molecule has 0 aromatic carbocycles. The van der Waals surface area contributed by atoms with E-state index in [0.717, 1.165) is 25.8 Å². The Balaban J connectivity index is 2.57. The fourth-order valence-electron chi connectivity index (χ4n) is 2.57. The highest BCUT2D eigenvalue weighted by molar-refractivity contribution is 5.81. The van der Waals surface area contributed by atoms with Gasteiger partial charge in [-0.1, -0.05) is 12.3 Å². The summed E-state index contributed by atoms with van der Waals surface area (Å²) in [5.74, 6) is 1.51. The molecule has 2 atom stereocenters. The Labute approximate surface area is 114 Å². The Morgan fingerprint density at radius 1 is 1.53 bits per heavy atom. The fourth-order valence-corrected chi connectivity index (χ4v) is 2.57. The van der Waals surface area contributed by atoms with Gasteiger partial charge in [0.05, 0.1) is 12.6 Å². The average Bonchev–Trinajstić information content (AvgIpc) is 2.42. The lowest BCUT2D eigenvalue weighted by Gasteiger charge is -2.39. The molecule has 1 fully saturated rings. The van der Waals surface area contributed by atoms with Crippen LogP contribution in [0.15, 0.2) is 0 Å². The number of carbonyl (C=O) groups excluding carboxylic acids is 1. The number of carboxylic acids is 1. The molecule has 1 rings (SSSR count). The van der Waals surface area contributed by atoms with Gasteiger partial charge in [0.15, 0.2) is 0 Å². The number of hydrogen-bond donors (Lipinski definition) is 2. The molecule has 0 radical (unpaired) electrons. The third-order valence-electron chi connectivity index (χ3n) is 3.61. The fraction of sp³-hybridized carbons (Fsp3) is 0.714. The quantitative estimate of drug-likeness (QED) is 0.699. The number of aliphatic carboxylic acids is 1. The van der Waals surface area contributed by atoms with Crippen LogP contribution in [0.25, 0.3) is 0 Å². The molecule has 0 aromatic heterocycles. The molecule has 0 saturated carbocycles. The number of nitrogens with zero attached hydrogens (tertiary/aromatic N) is 1. The van der Waals surface area contributed by atoms with Gasteiger partial charge >= 0.3 is 5.97 Å². The summed E-state index contributed by atoms with van der Waals surface area (Å²) in [4.78, 5) is 24.7. The van der Waals surface area contributed by atoms with Crippen molar-refractivity contribution in [2.24, 2.45) is 0 Å². The van der Waals surface area contributed by atoms with Gasteiger partial charge < -0.3 is 10.4 Å². The zero-order valence-corrected chi connectivity index (χ0v) is 11.4. The van der Waals surface area contributed by atoms with Crippen LogP contribution in [0.2, 0.25) is 0 Å². The molecule has 5 nitrogen and oxygen atoms in total. The minimum Gasteiger partial charge on any atom is -0.481 e. The first-order valence-electron chi connectivity index (χ1n) is 6.75. The van der Waals surface area contributed by atoms with E-state index in [0.29, 0.717) is 6.42 Å². The molecule has 0 aromatic rings. The average molecular weight is 266 g/mol. The number of piperidine rings is 1. The number of rotatable bonds is 6. The highest BCUT2D eigenvalue weighted by atomic mass is 16.4. The first kappa shape index (κ1) is 15.5. The van der Waals surface area contributed by atoms with Crippen molar-refractivity contribution in [3.8, 4) is 12.3 Å². The summed E-state index contributed by atoms with van der Waals surface area (Å²) in [6.07, 6.45) is 8.98. The molecule has 0 aliphatic carbocycles. The molecule has 1 aliphatic rings. The van der Waals surface area contributed by atoms with Crippen LogP contribution < -0.4 is 5.32 Å². The van der Waals surface area contributed by atoms with E-state index >= 15 is 0 Å². The summed E-state index contributed by atoms with van der Waals surface area (Å²) in [6, 6.07) is -0.0797. The second-order valence-corrected chi connectivity index (χ2v) is 4.92. The molecule has 5 heteroatoms. The molecular formula is C14H22N2O3. The number of amides is 1. The lowest BCUT2D eigenvalue weighted by Crippen LogP contribution is -2.51. The minimum atomic E-state index is -0.782.